The number of pyridine rings is 1. The lowest BCUT2D eigenvalue weighted by Crippen LogP contribution is -2.34. The third kappa shape index (κ3) is 4.86. The molecule has 1 aromatic heterocycles. The largest absolute Gasteiger partial charge is 0.493 e. The van der Waals surface area contributed by atoms with Crippen molar-refractivity contribution in [3.8, 4) is 23.0 Å². The molecule has 0 radical (unpaired) electrons. The molecule has 1 aliphatic rings. The molecule has 204 valence electrons. The Labute approximate surface area is 230 Å². The molecule has 0 aliphatic carbocycles. The van der Waals surface area contributed by atoms with Gasteiger partial charge in [0.1, 0.15) is 18.1 Å². The summed E-state index contributed by atoms with van der Waals surface area (Å²) in [6, 6.07) is 15.4. The van der Waals surface area contributed by atoms with E-state index < -0.39 is 17.9 Å². The average molecular weight is 542 g/mol. The van der Waals surface area contributed by atoms with E-state index in [0.29, 0.717) is 45.3 Å². The maximum atomic E-state index is 12.5. The molecule has 0 unspecified atom stereocenters. The molecule has 1 aliphatic heterocycles. The van der Waals surface area contributed by atoms with Crippen LogP contribution in [0, 0.1) is 13.8 Å². The summed E-state index contributed by atoms with van der Waals surface area (Å²) in [6.45, 7) is 3.56. The summed E-state index contributed by atoms with van der Waals surface area (Å²) in [7, 11) is 3.13. The Kier molecular flexibility index (Phi) is 7.24. The first-order chi connectivity index (χ1) is 19.3. The fourth-order valence-corrected chi connectivity index (χ4v) is 4.51. The first-order valence-corrected chi connectivity index (χ1v) is 12.5. The molecule has 10 nitrogen and oxygen atoms in total. The zero-order valence-corrected chi connectivity index (χ0v) is 22.4. The molecule has 0 spiro atoms. The second kappa shape index (κ2) is 10.9. The molecule has 0 saturated carbocycles. The number of hydrogen-bond donors (Lipinski definition) is 1. The summed E-state index contributed by atoms with van der Waals surface area (Å²) in [5.74, 6) is 1.52. The molecule has 2 heterocycles. The van der Waals surface area contributed by atoms with Crippen LogP contribution in [0.3, 0.4) is 0 Å². The van der Waals surface area contributed by atoms with Crippen LogP contribution in [0.25, 0.3) is 10.9 Å². The number of carbonyl (C=O) groups excluding carboxylic acids is 3. The second-order valence-electron chi connectivity index (χ2n) is 9.07. The lowest BCUT2D eigenvalue weighted by molar-refractivity contribution is 0.0611. The zero-order chi connectivity index (χ0) is 28.4. The van der Waals surface area contributed by atoms with Crippen molar-refractivity contribution in [2.75, 3.05) is 32.7 Å². The van der Waals surface area contributed by atoms with Gasteiger partial charge in [0.05, 0.1) is 37.4 Å². The predicted molar refractivity (Wildman–Crippen MR) is 148 cm³/mol. The Bertz CT molecular complexity index is 1620. The first kappa shape index (κ1) is 26.5. The highest BCUT2D eigenvalue weighted by atomic mass is 16.5. The molecule has 5 rings (SSSR count). The van der Waals surface area contributed by atoms with Gasteiger partial charge in [-0.05, 0) is 61.4 Å². The Morgan fingerprint density at radius 3 is 2.20 bits per heavy atom. The van der Waals surface area contributed by atoms with E-state index in [1.54, 1.807) is 68.9 Å². The number of anilines is 1. The summed E-state index contributed by atoms with van der Waals surface area (Å²) >= 11 is 0. The maximum Gasteiger partial charge on any atom is 0.411 e. The van der Waals surface area contributed by atoms with Crippen molar-refractivity contribution in [3.63, 3.8) is 0 Å². The highest BCUT2D eigenvalue weighted by Crippen LogP contribution is 2.38. The first-order valence-electron chi connectivity index (χ1n) is 12.5. The number of carbonyl (C=O) groups is 3. The van der Waals surface area contributed by atoms with Crippen molar-refractivity contribution < 1.29 is 33.3 Å². The molecule has 40 heavy (non-hydrogen) atoms. The van der Waals surface area contributed by atoms with Gasteiger partial charge in [-0.15, -0.1) is 0 Å². The number of imide groups is 1. The molecule has 1 N–H and O–H groups in total. The van der Waals surface area contributed by atoms with Crippen LogP contribution in [0.4, 0.5) is 10.5 Å². The number of benzene rings is 3. The normalized spacial score (nSPS) is 12.3. The van der Waals surface area contributed by atoms with Crippen LogP contribution < -0.4 is 19.5 Å². The van der Waals surface area contributed by atoms with Gasteiger partial charge < -0.3 is 18.9 Å². The number of ether oxygens (including phenoxy) is 4. The Morgan fingerprint density at radius 2 is 1.52 bits per heavy atom. The molecule has 0 fully saturated rings. The highest BCUT2D eigenvalue weighted by Gasteiger charge is 2.34. The predicted octanol–water partition coefficient (Wildman–Crippen LogP) is 5.51. The number of aromatic nitrogens is 1. The molecular formula is C30H27N3O7. The maximum absolute atomic E-state index is 12.5. The van der Waals surface area contributed by atoms with Crippen LogP contribution in [0.5, 0.6) is 23.0 Å². The van der Waals surface area contributed by atoms with Gasteiger partial charge in [-0.2, -0.15) is 0 Å². The van der Waals surface area contributed by atoms with Crippen LogP contribution >= 0.6 is 0 Å². The Morgan fingerprint density at radius 1 is 0.850 bits per heavy atom. The fourth-order valence-electron chi connectivity index (χ4n) is 4.51. The van der Waals surface area contributed by atoms with Crippen LogP contribution in [-0.2, 0) is 4.74 Å². The van der Waals surface area contributed by atoms with Crippen LogP contribution in [0.2, 0.25) is 0 Å². The van der Waals surface area contributed by atoms with Crippen molar-refractivity contribution >= 4 is 34.5 Å². The van der Waals surface area contributed by atoms with E-state index >= 15 is 0 Å². The van der Waals surface area contributed by atoms with Gasteiger partial charge in [0.15, 0.2) is 11.5 Å². The molecule has 0 atom stereocenters. The summed E-state index contributed by atoms with van der Waals surface area (Å²) in [4.78, 5) is 42.9. The number of methoxy groups -OCH3 is 2. The minimum atomic E-state index is -0.700. The molecule has 10 heteroatoms. The minimum absolute atomic E-state index is 0.0406. The fraction of sp³-hybridized carbons (Fsp3) is 0.200. The van der Waals surface area contributed by atoms with Crippen molar-refractivity contribution in [1.82, 2.24) is 9.88 Å². The van der Waals surface area contributed by atoms with Gasteiger partial charge in [0, 0.05) is 23.3 Å². The summed E-state index contributed by atoms with van der Waals surface area (Å²) in [5, 5.41) is 3.47. The lowest BCUT2D eigenvalue weighted by atomic mass is 10.1. The van der Waals surface area contributed by atoms with Crippen LogP contribution in [0.15, 0.2) is 60.8 Å². The van der Waals surface area contributed by atoms with Crippen molar-refractivity contribution in [1.29, 1.82) is 0 Å². The van der Waals surface area contributed by atoms with Gasteiger partial charge in [0.2, 0.25) is 0 Å². The average Bonchev–Trinajstić information content (AvgIpc) is 3.21. The van der Waals surface area contributed by atoms with Gasteiger partial charge in [-0.25, -0.2) is 4.79 Å². The number of hydrogen-bond acceptors (Lipinski definition) is 8. The third-order valence-corrected chi connectivity index (χ3v) is 6.83. The van der Waals surface area contributed by atoms with Crippen molar-refractivity contribution in [2.24, 2.45) is 0 Å². The van der Waals surface area contributed by atoms with E-state index in [2.05, 4.69) is 10.3 Å². The van der Waals surface area contributed by atoms with E-state index in [9.17, 15) is 14.4 Å². The number of rotatable bonds is 8. The van der Waals surface area contributed by atoms with Crippen LogP contribution in [0.1, 0.15) is 31.8 Å². The lowest BCUT2D eigenvalue weighted by Gasteiger charge is -2.17. The number of amides is 3. The summed E-state index contributed by atoms with van der Waals surface area (Å²) in [5.41, 5.74) is 3.53. The van der Waals surface area contributed by atoms with Gasteiger partial charge in [-0.3, -0.25) is 24.8 Å². The molecule has 4 aromatic rings. The van der Waals surface area contributed by atoms with Gasteiger partial charge in [0.25, 0.3) is 11.8 Å². The van der Waals surface area contributed by atoms with Crippen molar-refractivity contribution in [3.05, 3.63) is 83.0 Å². The molecule has 3 aromatic carbocycles. The SMILES string of the molecule is COc1cc2nccc(Oc3ccc(NC(=O)OCCN4C(=O)c5ccccc5C4=O)c(C)c3C)c2cc1OC. The number of nitrogens with zero attached hydrogens (tertiary/aromatic N) is 2. The van der Waals surface area contributed by atoms with Crippen molar-refractivity contribution in [2.45, 2.75) is 13.8 Å². The van der Waals surface area contributed by atoms with E-state index in [0.717, 1.165) is 21.4 Å². The van der Waals surface area contributed by atoms with E-state index in [4.69, 9.17) is 18.9 Å². The summed E-state index contributed by atoms with van der Waals surface area (Å²) in [6.07, 6.45) is 0.952. The standard InChI is InChI=1S/C30H27N3O7/c1-17-18(2)24(40-25-11-12-31-23-16-27(38-4)26(37-3)15-21(23)25)10-9-22(17)32-30(36)39-14-13-33-28(34)19-7-5-6-8-20(19)29(33)35/h5-12,15-16H,13-14H2,1-4H3,(H,32,36). The third-order valence-electron chi connectivity index (χ3n) is 6.83. The quantitative estimate of drug-likeness (QED) is 0.291. The molecular weight excluding hydrogens is 514 g/mol. The monoisotopic (exact) mass is 541 g/mol. The smallest absolute Gasteiger partial charge is 0.411 e. The Balaban J connectivity index is 1.24. The van der Waals surface area contributed by atoms with E-state index in [1.165, 1.54) is 0 Å². The number of nitrogens with one attached hydrogen (secondary N) is 1. The van der Waals surface area contributed by atoms with Crippen LogP contribution in [-0.4, -0.2) is 55.2 Å². The minimum Gasteiger partial charge on any atom is -0.493 e. The molecule has 3 amide bonds. The molecule has 0 bridgehead atoms. The summed E-state index contributed by atoms with van der Waals surface area (Å²) < 4.78 is 22.3. The number of fused-ring (bicyclic) bond motifs is 2. The van der Waals surface area contributed by atoms with E-state index in [1.807, 2.05) is 19.9 Å². The molecule has 0 saturated heterocycles. The van der Waals surface area contributed by atoms with Gasteiger partial charge >= 0.3 is 6.09 Å². The second-order valence-corrected chi connectivity index (χ2v) is 9.07. The zero-order valence-electron chi connectivity index (χ0n) is 22.4. The highest BCUT2D eigenvalue weighted by molar-refractivity contribution is 6.21. The van der Waals surface area contributed by atoms with E-state index in [-0.39, 0.29) is 13.2 Å². The van der Waals surface area contributed by atoms with Gasteiger partial charge in [-0.1, -0.05) is 12.1 Å². The Hall–Kier alpha value is -5.12. The topological polar surface area (TPSA) is 116 Å².